The minimum atomic E-state index is -1.08. The first kappa shape index (κ1) is 31.8. The normalized spacial score (nSPS) is 20.2. The number of piperazine rings is 1. The van der Waals surface area contributed by atoms with Crippen LogP contribution in [0.1, 0.15) is 12.5 Å². The van der Waals surface area contributed by atoms with E-state index < -0.39 is 5.79 Å². The maximum absolute atomic E-state index is 6.60. The van der Waals surface area contributed by atoms with Gasteiger partial charge in [-0.1, -0.05) is 29.3 Å². The number of benzene rings is 3. The van der Waals surface area contributed by atoms with Gasteiger partial charge in [0.1, 0.15) is 18.5 Å². The molecule has 4 heterocycles. The lowest BCUT2D eigenvalue weighted by molar-refractivity contribution is -0.189. The van der Waals surface area contributed by atoms with Crippen LogP contribution in [0.3, 0.4) is 0 Å². The monoisotopic (exact) mass is 690 g/mol. The maximum atomic E-state index is 6.60. The first-order valence-corrected chi connectivity index (χ1v) is 17.4. The molecule has 2 aliphatic rings. The van der Waals surface area contributed by atoms with Crippen molar-refractivity contribution in [3.8, 4) is 5.75 Å². The van der Waals surface area contributed by atoms with E-state index in [1.807, 2.05) is 29.0 Å². The molecule has 2 aliphatic heterocycles. The van der Waals surface area contributed by atoms with Crippen LogP contribution in [-0.4, -0.2) is 59.6 Å². The predicted octanol–water partition coefficient (Wildman–Crippen LogP) is 6.98. The van der Waals surface area contributed by atoms with Crippen molar-refractivity contribution in [3.05, 3.63) is 117 Å². The number of anilines is 2. The van der Waals surface area contributed by atoms with Crippen molar-refractivity contribution >= 4 is 51.6 Å². The third-order valence-electron chi connectivity index (χ3n) is 8.51. The van der Waals surface area contributed by atoms with Crippen LogP contribution in [0.15, 0.2) is 102 Å². The summed E-state index contributed by atoms with van der Waals surface area (Å²) in [5, 5.41) is 3.11. The van der Waals surface area contributed by atoms with Crippen LogP contribution in [0.5, 0.6) is 5.75 Å². The van der Waals surface area contributed by atoms with E-state index in [1.165, 1.54) is 11.4 Å². The molecule has 0 radical (unpaired) electrons. The molecule has 47 heavy (non-hydrogen) atoms. The van der Waals surface area contributed by atoms with E-state index in [9.17, 15) is 0 Å². The Morgan fingerprint density at radius 1 is 0.957 bits per heavy atom. The largest absolute Gasteiger partial charge is 0.491 e. The average molecular weight is 692 g/mol. The first-order chi connectivity index (χ1) is 23.0. The Balaban J connectivity index is 0.927. The number of hydrogen-bond acceptors (Lipinski definition) is 8. The quantitative estimate of drug-likeness (QED) is 0.158. The van der Waals surface area contributed by atoms with Crippen LogP contribution in [0.4, 0.5) is 17.1 Å². The summed E-state index contributed by atoms with van der Waals surface area (Å²) in [6.07, 6.45) is 7.11. The summed E-state index contributed by atoms with van der Waals surface area (Å²) in [5.74, 6) is -0.299. The lowest BCUT2D eigenvalue weighted by atomic mass is 10.1. The third kappa shape index (κ3) is 7.22. The fourth-order valence-electron chi connectivity index (χ4n) is 6.02. The van der Waals surface area contributed by atoms with Gasteiger partial charge in [-0.2, -0.15) is 0 Å². The number of halogens is 2. The van der Waals surface area contributed by atoms with Crippen molar-refractivity contribution in [1.82, 2.24) is 14.1 Å². The van der Waals surface area contributed by atoms with Crippen molar-refractivity contribution < 1.29 is 14.2 Å². The van der Waals surface area contributed by atoms with E-state index in [-0.39, 0.29) is 6.10 Å². The minimum Gasteiger partial charge on any atom is -0.491 e. The Hall–Kier alpha value is -3.80. The highest BCUT2D eigenvalue weighted by molar-refractivity contribution is 7.07. The van der Waals surface area contributed by atoms with Crippen molar-refractivity contribution in [2.75, 3.05) is 49.2 Å². The molecular weight excluding hydrogens is 655 g/mol. The molecule has 0 N–H and O–H groups in total. The van der Waals surface area contributed by atoms with Gasteiger partial charge in [-0.25, -0.2) is 9.98 Å². The van der Waals surface area contributed by atoms with E-state index in [1.54, 1.807) is 36.0 Å². The Kier molecular flexibility index (Phi) is 9.55. The van der Waals surface area contributed by atoms with Crippen LogP contribution in [0.25, 0.3) is 0 Å². The Labute approximate surface area is 288 Å². The maximum Gasteiger partial charge on any atom is 0.215 e. The molecule has 2 atom stereocenters. The van der Waals surface area contributed by atoms with Crippen LogP contribution >= 0.6 is 34.5 Å². The zero-order valence-electron chi connectivity index (χ0n) is 26.0. The van der Waals surface area contributed by atoms with Gasteiger partial charge in [0.15, 0.2) is 4.80 Å². The number of thiazole rings is 1. The van der Waals surface area contributed by atoms with Gasteiger partial charge in [0.25, 0.3) is 0 Å². The van der Waals surface area contributed by atoms with E-state index in [2.05, 4.69) is 74.2 Å². The number of imidazole rings is 1. The summed E-state index contributed by atoms with van der Waals surface area (Å²) >= 11 is 14.4. The van der Waals surface area contributed by atoms with Gasteiger partial charge in [0.05, 0.1) is 30.2 Å². The lowest BCUT2D eigenvalue weighted by Crippen LogP contribution is -2.46. The molecule has 0 amide bonds. The zero-order valence-corrected chi connectivity index (χ0v) is 28.4. The first-order valence-electron chi connectivity index (χ1n) is 15.7. The summed E-state index contributed by atoms with van der Waals surface area (Å²) in [6, 6.07) is 22.2. The van der Waals surface area contributed by atoms with Gasteiger partial charge in [-0.15, -0.1) is 11.3 Å². The highest BCUT2D eigenvalue weighted by atomic mass is 35.5. The van der Waals surface area contributed by atoms with Crippen LogP contribution in [0.2, 0.25) is 10.0 Å². The molecule has 0 aliphatic carbocycles. The minimum absolute atomic E-state index is 0.288. The Morgan fingerprint density at radius 3 is 2.34 bits per heavy atom. The highest BCUT2D eigenvalue weighted by Crippen LogP contribution is 2.40. The second-order valence-electron chi connectivity index (χ2n) is 11.5. The summed E-state index contributed by atoms with van der Waals surface area (Å²) < 4.78 is 23.0. The standard InChI is InChI=1S/C35H36Cl2N6O3S/c1-2-41-19-20-47-34(41)39-27-4-6-28(7-5-27)42-15-17-43(18-16-42)29-8-10-30(11-9-29)44-22-31-23-45-35(46-31,24-40-14-13-38-25-40)32-12-3-26(36)21-33(32)37/h3-14,19-21,25,31H,2,15-18,22-24H2,1H3/b39-34+. The van der Waals surface area contributed by atoms with Crippen LogP contribution < -0.4 is 19.3 Å². The van der Waals surface area contributed by atoms with Gasteiger partial charge >= 0.3 is 0 Å². The van der Waals surface area contributed by atoms with Crippen molar-refractivity contribution in [1.29, 1.82) is 0 Å². The number of nitrogens with zero attached hydrogens (tertiary/aromatic N) is 6. The smallest absolute Gasteiger partial charge is 0.215 e. The molecule has 5 aromatic rings. The van der Waals surface area contributed by atoms with Crippen LogP contribution in [-0.2, 0) is 28.4 Å². The topological polar surface area (TPSA) is 69.3 Å². The van der Waals surface area contributed by atoms with E-state index in [4.69, 9.17) is 42.4 Å². The fourth-order valence-corrected chi connectivity index (χ4v) is 7.38. The number of aromatic nitrogens is 3. The van der Waals surface area contributed by atoms with E-state index in [0.717, 1.165) is 54.5 Å². The van der Waals surface area contributed by atoms with Gasteiger partial charge in [-0.05, 0) is 67.6 Å². The number of rotatable bonds is 10. The molecule has 2 saturated heterocycles. The molecule has 7 rings (SSSR count). The van der Waals surface area contributed by atoms with Crippen molar-refractivity contribution in [3.63, 3.8) is 0 Å². The highest BCUT2D eigenvalue weighted by Gasteiger charge is 2.45. The Morgan fingerprint density at radius 2 is 1.68 bits per heavy atom. The summed E-state index contributed by atoms with van der Waals surface area (Å²) in [5.41, 5.74) is 4.11. The molecule has 2 aromatic heterocycles. The summed E-state index contributed by atoms with van der Waals surface area (Å²) in [4.78, 5) is 14.8. The molecule has 3 aromatic carbocycles. The van der Waals surface area contributed by atoms with Gasteiger partial charge in [0.2, 0.25) is 5.79 Å². The molecule has 2 unspecified atom stereocenters. The molecular formula is C35H36Cl2N6O3S. The number of hydrogen-bond donors (Lipinski definition) is 0. The molecule has 12 heteroatoms. The number of aryl methyl sites for hydroxylation is 1. The SMILES string of the molecule is CCn1ccs/c1=N/c1ccc(N2CCN(c3ccc(OCC4COC(Cn5ccnc5)(c5ccc(Cl)cc5Cl)O4)cc3)CC2)cc1. The predicted molar refractivity (Wildman–Crippen MR) is 187 cm³/mol. The van der Waals surface area contributed by atoms with Crippen molar-refractivity contribution in [2.24, 2.45) is 4.99 Å². The third-order valence-corrected chi connectivity index (χ3v) is 9.85. The second-order valence-corrected chi connectivity index (χ2v) is 13.3. The van der Waals surface area contributed by atoms with E-state index >= 15 is 0 Å². The van der Waals surface area contributed by atoms with Gasteiger partial charge in [-0.3, -0.25) is 0 Å². The molecule has 2 fully saturated rings. The zero-order chi connectivity index (χ0) is 32.2. The fraction of sp³-hybridized carbons (Fsp3) is 0.314. The number of ether oxygens (including phenoxy) is 3. The molecule has 9 nitrogen and oxygen atoms in total. The average Bonchev–Trinajstić information content (AvgIpc) is 3.87. The lowest BCUT2D eigenvalue weighted by Gasteiger charge is -2.37. The van der Waals surface area contributed by atoms with E-state index in [0.29, 0.717) is 29.8 Å². The second kappa shape index (κ2) is 14.1. The molecule has 244 valence electrons. The van der Waals surface area contributed by atoms with Gasteiger partial charge < -0.3 is 33.1 Å². The summed E-state index contributed by atoms with van der Waals surface area (Å²) in [7, 11) is 0. The molecule has 0 bridgehead atoms. The van der Waals surface area contributed by atoms with Crippen LogP contribution in [0, 0.1) is 0 Å². The summed E-state index contributed by atoms with van der Waals surface area (Å²) in [6.45, 7) is 7.93. The van der Waals surface area contributed by atoms with Gasteiger partial charge in [0, 0.05) is 78.7 Å². The Bertz CT molecular complexity index is 1840. The van der Waals surface area contributed by atoms with Crippen molar-refractivity contribution in [2.45, 2.75) is 31.9 Å². The molecule has 0 saturated carbocycles. The molecule has 0 spiro atoms.